The van der Waals surface area contributed by atoms with Gasteiger partial charge in [-0.05, 0) is 63.8 Å². The first kappa shape index (κ1) is 32.5. The smallest absolute Gasteiger partial charge is 0.408 e. The van der Waals surface area contributed by atoms with Gasteiger partial charge >= 0.3 is 6.09 Å². The van der Waals surface area contributed by atoms with Gasteiger partial charge in [0.05, 0.1) is 0 Å². The second-order valence-electron chi connectivity index (χ2n) is 11.0. The molecule has 3 amide bonds. The van der Waals surface area contributed by atoms with Gasteiger partial charge in [-0.2, -0.15) is 0 Å². The van der Waals surface area contributed by atoms with Crippen molar-refractivity contribution in [2.24, 2.45) is 0 Å². The predicted octanol–water partition coefficient (Wildman–Crippen LogP) is 5.13. The van der Waals surface area contributed by atoms with Crippen LogP contribution in [0.4, 0.5) is 4.79 Å². The lowest BCUT2D eigenvalue weighted by Gasteiger charge is -2.35. The quantitative estimate of drug-likeness (QED) is 0.254. The highest BCUT2D eigenvalue weighted by Crippen LogP contribution is 2.32. The SMILES string of the molecule is CCCCNC(=O)C(c1cccc(C)c1O)N(CCCC)C(=O)C(Cc1ccc(O)cc1)NC(=O)OC(C)(C)C. The van der Waals surface area contributed by atoms with E-state index in [-0.39, 0.29) is 24.5 Å². The summed E-state index contributed by atoms with van der Waals surface area (Å²) in [6, 6.07) is 9.30. The van der Waals surface area contributed by atoms with Gasteiger partial charge in [-0.1, -0.05) is 57.0 Å². The molecule has 0 radical (unpaired) electrons. The molecule has 2 rings (SSSR count). The number of phenolic OH excluding ortho intramolecular Hbond substituents is 2. The van der Waals surface area contributed by atoms with Crippen LogP contribution in [0.25, 0.3) is 0 Å². The molecule has 2 aromatic rings. The van der Waals surface area contributed by atoms with Crippen LogP contribution in [-0.2, 0) is 20.7 Å². The van der Waals surface area contributed by atoms with Crippen molar-refractivity contribution in [1.29, 1.82) is 0 Å². The van der Waals surface area contributed by atoms with Crippen LogP contribution in [0.3, 0.4) is 0 Å². The largest absolute Gasteiger partial charge is 0.508 e. The molecule has 4 N–H and O–H groups in total. The first-order valence-electron chi connectivity index (χ1n) is 14.0. The summed E-state index contributed by atoms with van der Waals surface area (Å²) in [4.78, 5) is 42.3. The van der Waals surface area contributed by atoms with E-state index < -0.39 is 35.6 Å². The molecule has 40 heavy (non-hydrogen) atoms. The molecule has 0 spiro atoms. The number of nitrogens with one attached hydrogen (secondary N) is 2. The summed E-state index contributed by atoms with van der Waals surface area (Å²) in [5, 5.41) is 26.3. The number of aromatic hydroxyl groups is 2. The summed E-state index contributed by atoms with van der Waals surface area (Å²) in [7, 11) is 0. The van der Waals surface area contributed by atoms with E-state index in [9.17, 15) is 24.6 Å². The number of carbonyl (C=O) groups is 3. The number of rotatable bonds is 13. The fourth-order valence-electron chi connectivity index (χ4n) is 4.25. The van der Waals surface area contributed by atoms with Crippen LogP contribution in [0.1, 0.15) is 83.0 Å². The summed E-state index contributed by atoms with van der Waals surface area (Å²) in [6.45, 7) is 11.6. The van der Waals surface area contributed by atoms with Gasteiger partial charge in [0.15, 0.2) is 0 Å². The summed E-state index contributed by atoms with van der Waals surface area (Å²) in [5.74, 6) is -0.860. The van der Waals surface area contributed by atoms with Gasteiger partial charge in [0.2, 0.25) is 11.8 Å². The molecular weight excluding hydrogens is 510 g/mol. The second kappa shape index (κ2) is 15.1. The van der Waals surface area contributed by atoms with Crippen LogP contribution in [0.5, 0.6) is 11.5 Å². The Bertz CT molecular complexity index is 1130. The zero-order valence-corrected chi connectivity index (χ0v) is 24.6. The van der Waals surface area contributed by atoms with Crippen molar-refractivity contribution in [3.63, 3.8) is 0 Å². The van der Waals surface area contributed by atoms with Crippen LogP contribution in [0.2, 0.25) is 0 Å². The molecule has 220 valence electrons. The highest BCUT2D eigenvalue weighted by Gasteiger charge is 2.37. The molecule has 0 bridgehead atoms. The first-order valence-corrected chi connectivity index (χ1v) is 14.0. The lowest BCUT2D eigenvalue weighted by Crippen LogP contribution is -2.54. The molecule has 9 nitrogen and oxygen atoms in total. The standard InChI is InChI=1S/C31H45N3O6/c1-7-9-18-32-28(37)26(24-13-11-12-21(3)27(24)36)34(19-10-8-2)29(38)25(33-30(39)40-31(4,5)6)20-22-14-16-23(35)17-15-22/h11-17,25-26,35-36H,7-10,18-20H2,1-6H3,(H,32,37)(H,33,39). The predicted molar refractivity (Wildman–Crippen MR) is 155 cm³/mol. The zero-order chi connectivity index (χ0) is 29.9. The molecule has 0 saturated carbocycles. The third kappa shape index (κ3) is 9.77. The van der Waals surface area contributed by atoms with E-state index in [1.54, 1.807) is 58.0 Å². The second-order valence-corrected chi connectivity index (χ2v) is 11.0. The third-order valence-corrected chi connectivity index (χ3v) is 6.35. The molecule has 0 saturated heterocycles. The lowest BCUT2D eigenvalue weighted by molar-refractivity contribution is -0.142. The summed E-state index contributed by atoms with van der Waals surface area (Å²) in [5.41, 5.74) is 0.816. The van der Waals surface area contributed by atoms with Crippen molar-refractivity contribution < 1.29 is 29.3 Å². The summed E-state index contributed by atoms with van der Waals surface area (Å²) >= 11 is 0. The van der Waals surface area contributed by atoms with Crippen LogP contribution < -0.4 is 10.6 Å². The van der Waals surface area contributed by atoms with Crippen molar-refractivity contribution >= 4 is 17.9 Å². The molecule has 0 aromatic heterocycles. The Hall–Kier alpha value is -3.75. The maximum Gasteiger partial charge on any atom is 0.408 e. The first-order chi connectivity index (χ1) is 18.9. The summed E-state index contributed by atoms with van der Waals surface area (Å²) in [6.07, 6.45) is 2.36. The Morgan fingerprint density at radius 2 is 1.62 bits per heavy atom. The van der Waals surface area contributed by atoms with Gasteiger partial charge in [-0.15, -0.1) is 0 Å². The van der Waals surface area contributed by atoms with E-state index in [0.29, 0.717) is 29.7 Å². The Labute approximate surface area is 237 Å². The van der Waals surface area contributed by atoms with Crippen molar-refractivity contribution in [3.8, 4) is 11.5 Å². The van der Waals surface area contributed by atoms with Crippen LogP contribution in [-0.4, -0.2) is 57.8 Å². The number of ether oxygens (including phenoxy) is 1. The van der Waals surface area contributed by atoms with Crippen molar-refractivity contribution in [2.75, 3.05) is 13.1 Å². The normalized spacial score (nSPS) is 12.8. The molecule has 2 atom stereocenters. The van der Waals surface area contributed by atoms with E-state index in [2.05, 4.69) is 10.6 Å². The zero-order valence-electron chi connectivity index (χ0n) is 24.6. The van der Waals surface area contributed by atoms with Gasteiger partial charge in [-0.25, -0.2) is 4.79 Å². The van der Waals surface area contributed by atoms with Crippen LogP contribution >= 0.6 is 0 Å². The van der Waals surface area contributed by atoms with E-state index in [1.807, 2.05) is 13.8 Å². The van der Waals surface area contributed by atoms with E-state index >= 15 is 0 Å². The van der Waals surface area contributed by atoms with Gasteiger partial charge in [0.1, 0.15) is 29.2 Å². The fourth-order valence-corrected chi connectivity index (χ4v) is 4.25. The fraction of sp³-hybridized carbons (Fsp3) is 0.516. The average Bonchev–Trinajstić information content (AvgIpc) is 2.88. The van der Waals surface area contributed by atoms with E-state index in [0.717, 1.165) is 19.3 Å². The highest BCUT2D eigenvalue weighted by atomic mass is 16.6. The van der Waals surface area contributed by atoms with E-state index in [1.165, 1.54) is 17.0 Å². The Morgan fingerprint density at radius 3 is 2.23 bits per heavy atom. The molecule has 0 heterocycles. The minimum absolute atomic E-state index is 0.0531. The van der Waals surface area contributed by atoms with Gasteiger partial charge in [0, 0.05) is 25.1 Å². The average molecular weight is 556 g/mol. The molecule has 0 aliphatic carbocycles. The van der Waals surface area contributed by atoms with E-state index in [4.69, 9.17) is 4.74 Å². The van der Waals surface area contributed by atoms with Crippen molar-refractivity contribution in [2.45, 2.75) is 91.3 Å². The maximum absolute atomic E-state index is 14.3. The van der Waals surface area contributed by atoms with Gasteiger partial charge < -0.3 is 30.5 Å². The third-order valence-electron chi connectivity index (χ3n) is 6.35. The van der Waals surface area contributed by atoms with Crippen LogP contribution in [0.15, 0.2) is 42.5 Å². The number of nitrogens with zero attached hydrogens (tertiary/aromatic N) is 1. The minimum atomic E-state index is -1.11. The number of benzene rings is 2. The number of unbranched alkanes of at least 4 members (excludes halogenated alkanes) is 2. The number of aryl methyl sites for hydroxylation is 1. The summed E-state index contributed by atoms with van der Waals surface area (Å²) < 4.78 is 5.45. The highest BCUT2D eigenvalue weighted by molar-refractivity contribution is 5.92. The Morgan fingerprint density at radius 1 is 0.975 bits per heavy atom. The molecular formula is C31H45N3O6. The molecule has 2 unspecified atom stereocenters. The number of para-hydroxylation sites is 1. The molecule has 0 fully saturated rings. The molecule has 0 aliphatic heterocycles. The van der Waals surface area contributed by atoms with Gasteiger partial charge in [-0.3, -0.25) is 9.59 Å². The molecule has 9 heteroatoms. The number of hydrogen-bond acceptors (Lipinski definition) is 6. The lowest BCUT2D eigenvalue weighted by atomic mass is 9.97. The van der Waals surface area contributed by atoms with Crippen molar-refractivity contribution in [1.82, 2.24) is 15.5 Å². The van der Waals surface area contributed by atoms with Crippen LogP contribution in [0, 0.1) is 6.92 Å². The Balaban J connectivity index is 2.57. The van der Waals surface area contributed by atoms with Crippen molar-refractivity contribution in [3.05, 3.63) is 59.2 Å². The molecule has 0 aliphatic rings. The minimum Gasteiger partial charge on any atom is -0.508 e. The maximum atomic E-state index is 14.3. The van der Waals surface area contributed by atoms with Gasteiger partial charge in [0.25, 0.3) is 0 Å². The number of alkyl carbamates (subject to hydrolysis) is 1. The Kier molecular flexibility index (Phi) is 12.3. The number of amides is 3. The number of carbonyl (C=O) groups excluding carboxylic acids is 3. The number of hydrogen-bond donors (Lipinski definition) is 4. The monoisotopic (exact) mass is 555 g/mol. The molecule has 2 aromatic carbocycles. The number of phenols is 2. The topological polar surface area (TPSA) is 128 Å².